The van der Waals surface area contributed by atoms with Crippen LogP contribution >= 0.6 is 0 Å². The van der Waals surface area contributed by atoms with Gasteiger partial charge in [0.1, 0.15) is 0 Å². The number of carboxylic acid groups (broad SMARTS) is 2. The Morgan fingerprint density at radius 1 is 0.688 bits per heavy atom. The number of hydrogen-bond donors (Lipinski definition) is 4. The summed E-state index contributed by atoms with van der Waals surface area (Å²) in [6, 6.07) is 0. The minimum absolute atomic E-state index is 1.06. The molecule has 1 fully saturated rings. The maximum atomic E-state index is 10.9. The van der Waals surface area contributed by atoms with Gasteiger partial charge in [0.05, 0.1) is 23.7 Å². The van der Waals surface area contributed by atoms with E-state index in [4.69, 9.17) is 21.7 Å². The Labute approximate surface area is 89.2 Å². The molecule has 8 heteroatoms. The molecule has 1 aliphatic carbocycles. The molecule has 0 spiro atoms. The molecular formula is C8H10N2O6. The van der Waals surface area contributed by atoms with E-state index in [2.05, 4.69) is 0 Å². The van der Waals surface area contributed by atoms with Gasteiger partial charge >= 0.3 is 11.9 Å². The van der Waals surface area contributed by atoms with Gasteiger partial charge in [-0.15, -0.1) is 0 Å². The van der Waals surface area contributed by atoms with E-state index >= 15 is 0 Å². The molecule has 0 saturated heterocycles. The van der Waals surface area contributed by atoms with Crippen LogP contribution in [0.5, 0.6) is 0 Å². The third-order valence-corrected chi connectivity index (χ3v) is 2.77. The van der Waals surface area contributed by atoms with Crippen LogP contribution in [0.3, 0.4) is 0 Å². The summed E-state index contributed by atoms with van der Waals surface area (Å²) in [7, 11) is 0. The number of carbonyl (C=O) groups is 4. The van der Waals surface area contributed by atoms with E-state index in [0.717, 1.165) is 0 Å². The van der Waals surface area contributed by atoms with Crippen LogP contribution in [0, 0.1) is 23.7 Å². The van der Waals surface area contributed by atoms with Gasteiger partial charge in [-0.1, -0.05) is 0 Å². The maximum Gasteiger partial charge on any atom is 0.308 e. The third kappa shape index (κ3) is 1.58. The van der Waals surface area contributed by atoms with Gasteiger partial charge in [-0.2, -0.15) is 0 Å². The quantitative estimate of drug-likeness (QED) is 0.421. The number of rotatable bonds is 4. The molecule has 16 heavy (non-hydrogen) atoms. The largest absolute Gasteiger partial charge is 0.481 e. The van der Waals surface area contributed by atoms with Crippen molar-refractivity contribution in [3.63, 3.8) is 0 Å². The number of primary amides is 2. The molecule has 0 aromatic rings. The Morgan fingerprint density at radius 3 is 1.06 bits per heavy atom. The van der Waals surface area contributed by atoms with Crippen LogP contribution in [0.1, 0.15) is 0 Å². The normalized spacial score (nSPS) is 32.5. The average molecular weight is 230 g/mol. The molecule has 8 nitrogen and oxygen atoms in total. The van der Waals surface area contributed by atoms with E-state index in [-0.39, 0.29) is 0 Å². The third-order valence-electron chi connectivity index (χ3n) is 2.77. The first-order valence-electron chi connectivity index (χ1n) is 4.33. The molecule has 88 valence electrons. The highest BCUT2D eigenvalue weighted by molar-refractivity contribution is 5.98. The number of amides is 2. The molecule has 0 heterocycles. The summed E-state index contributed by atoms with van der Waals surface area (Å²) in [6.07, 6.45) is 0. The molecule has 1 saturated carbocycles. The zero-order chi connectivity index (χ0) is 12.6. The van der Waals surface area contributed by atoms with Crippen molar-refractivity contribution in [3.05, 3.63) is 0 Å². The van der Waals surface area contributed by atoms with Crippen molar-refractivity contribution in [3.8, 4) is 0 Å². The summed E-state index contributed by atoms with van der Waals surface area (Å²) < 4.78 is 0. The highest BCUT2D eigenvalue weighted by Crippen LogP contribution is 2.46. The number of carbonyl (C=O) groups excluding carboxylic acids is 2. The second-order valence-corrected chi connectivity index (χ2v) is 3.58. The Morgan fingerprint density at radius 2 is 0.938 bits per heavy atom. The van der Waals surface area contributed by atoms with Crippen molar-refractivity contribution in [2.24, 2.45) is 35.1 Å². The van der Waals surface area contributed by atoms with E-state index in [0.29, 0.717) is 0 Å². The molecule has 6 N–H and O–H groups in total. The summed E-state index contributed by atoms with van der Waals surface area (Å²) in [6.45, 7) is 0. The number of nitrogens with two attached hydrogens (primary N) is 2. The van der Waals surface area contributed by atoms with E-state index < -0.39 is 47.4 Å². The molecule has 0 aromatic heterocycles. The van der Waals surface area contributed by atoms with E-state index in [1.807, 2.05) is 0 Å². The molecule has 0 aromatic carbocycles. The monoisotopic (exact) mass is 230 g/mol. The Balaban J connectivity index is 3.08. The van der Waals surface area contributed by atoms with E-state index in [1.165, 1.54) is 0 Å². The van der Waals surface area contributed by atoms with Crippen LogP contribution in [0.15, 0.2) is 0 Å². The lowest BCUT2D eigenvalue weighted by Gasteiger charge is -2.43. The molecule has 0 aliphatic heterocycles. The second kappa shape index (κ2) is 3.80. The molecule has 1 aliphatic rings. The van der Waals surface area contributed by atoms with Gasteiger partial charge in [0, 0.05) is 0 Å². The topological polar surface area (TPSA) is 161 Å². The van der Waals surface area contributed by atoms with E-state index in [1.54, 1.807) is 0 Å². The summed E-state index contributed by atoms with van der Waals surface area (Å²) in [5.74, 6) is -10.7. The Hall–Kier alpha value is -2.12. The van der Waals surface area contributed by atoms with E-state index in [9.17, 15) is 19.2 Å². The highest BCUT2D eigenvalue weighted by atomic mass is 16.4. The Kier molecular flexibility index (Phi) is 2.84. The molecule has 0 bridgehead atoms. The summed E-state index contributed by atoms with van der Waals surface area (Å²) in [5.41, 5.74) is 9.80. The van der Waals surface area contributed by atoms with Gasteiger partial charge in [0.2, 0.25) is 11.8 Å². The van der Waals surface area contributed by atoms with Crippen molar-refractivity contribution in [1.82, 2.24) is 0 Å². The predicted molar refractivity (Wildman–Crippen MR) is 47.6 cm³/mol. The zero-order valence-corrected chi connectivity index (χ0v) is 7.99. The Bertz CT molecular complexity index is 299. The molecule has 0 radical (unpaired) electrons. The van der Waals surface area contributed by atoms with Gasteiger partial charge < -0.3 is 21.7 Å². The van der Waals surface area contributed by atoms with Crippen LogP contribution < -0.4 is 11.5 Å². The first-order valence-corrected chi connectivity index (χ1v) is 4.33. The second-order valence-electron chi connectivity index (χ2n) is 3.58. The van der Waals surface area contributed by atoms with Crippen molar-refractivity contribution in [2.45, 2.75) is 0 Å². The molecular weight excluding hydrogens is 220 g/mol. The number of hydrogen-bond acceptors (Lipinski definition) is 4. The van der Waals surface area contributed by atoms with Crippen LogP contribution in [0.4, 0.5) is 0 Å². The first-order chi connectivity index (χ1) is 7.29. The van der Waals surface area contributed by atoms with Gasteiger partial charge in [-0.25, -0.2) is 0 Å². The van der Waals surface area contributed by atoms with Crippen LogP contribution in [0.2, 0.25) is 0 Å². The fourth-order valence-electron chi connectivity index (χ4n) is 2.07. The summed E-state index contributed by atoms with van der Waals surface area (Å²) in [5, 5.41) is 17.5. The smallest absolute Gasteiger partial charge is 0.308 e. The van der Waals surface area contributed by atoms with Crippen molar-refractivity contribution < 1.29 is 29.4 Å². The van der Waals surface area contributed by atoms with Gasteiger partial charge in [0.15, 0.2) is 0 Å². The first kappa shape index (κ1) is 12.0. The standard InChI is InChI=1S/C8H10N2O6/c9-5(11)1-3(7(13)14)2(6(10)12)4(1)8(15)16/h1-4H,(H2,9,11)(H2,10,12)(H,13,14)(H,15,16). The fourth-order valence-corrected chi connectivity index (χ4v) is 2.07. The van der Waals surface area contributed by atoms with Crippen LogP contribution in [-0.2, 0) is 19.2 Å². The van der Waals surface area contributed by atoms with Crippen molar-refractivity contribution in [2.75, 3.05) is 0 Å². The molecule has 0 unspecified atom stereocenters. The number of carboxylic acids is 2. The SMILES string of the molecule is NC(=O)C1C(C(=O)O)C(C(N)=O)C1C(=O)O. The fraction of sp³-hybridized carbons (Fsp3) is 0.500. The predicted octanol–water partition coefficient (Wildman–Crippen LogP) is -2.40. The van der Waals surface area contributed by atoms with Crippen LogP contribution in [0.25, 0.3) is 0 Å². The highest BCUT2D eigenvalue weighted by Gasteiger charge is 2.62. The number of aliphatic carboxylic acids is 2. The molecule has 1 rings (SSSR count). The lowest BCUT2D eigenvalue weighted by atomic mass is 9.56. The minimum atomic E-state index is -1.45. The maximum absolute atomic E-state index is 10.9. The average Bonchev–Trinajstić information content (AvgIpc) is 1.97. The zero-order valence-electron chi connectivity index (χ0n) is 7.99. The summed E-state index contributed by atoms with van der Waals surface area (Å²) in [4.78, 5) is 43.4. The van der Waals surface area contributed by atoms with Crippen LogP contribution in [-0.4, -0.2) is 34.0 Å². The lowest BCUT2D eigenvalue weighted by molar-refractivity contribution is -0.179. The molecule has 2 amide bonds. The van der Waals surface area contributed by atoms with Gasteiger partial charge in [0.25, 0.3) is 0 Å². The lowest BCUT2D eigenvalue weighted by Crippen LogP contribution is -2.62. The van der Waals surface area contributed by atoms with Crippen molar-refractivity contribution >= 4 is 23.8 Å². The van der Waals surface area contributed by atoms with Crippen molar-refractivity contribution in [1.29, 1.82) is 0 Å². The minimum Gasteiger partial charge on any atom is -0.481 e. The van der Waals surface area contributed by atoms with Gasteiger partial charge in [-0.3, -0.25) is 19.2 Å². The molecule has 0 atom stereocenters. The van der Waals surface area contributed by atoms with Gasteiger partial charge in [-0.05, 0) is 0 Å². The summed E-state index contributed by atoms with van der Waals surface area (Å²) >= 11 is 0.